The molecule has 0 spiro atoms. The van der Waals surface area contributed by atoms with Gasteiger partial charge in [0.2, 0.25) is 0 Å². The molecule has 0 amide bonds. The molecule has 0 unspecified atom stereocenters. The number of H-pyrrole nitrogens is 1. The van der Waals surface area contributed by atoms with Crippen molar-refractivity contribution in [1.82, 2.24) is 15.0 Å². The van der Waals surface area contributed by atoms with E-state index in [1.54, 1.807) is 6.20 Å². The highest BCUT2D eigenvalue weighted by Crippen LogP contribution is 2.31. The van der Waals surface area contributed by atoms with Crippen LogP contribution in [-0.2, 0) is 0 Å². The normalized spacial score (nSPS) is 11.0. The Bertz CT molecular complexity index is 1030. The molecule has 3 aromatic heterocycles. The summed E-state index contributed by atoms with van der Waals surface area (Å²) in [6.07, 6.45) is 1.69. The van der Waals surface area contributed by atoms with E-state index in [1.807, 2.05) is 54.8 Å². The Morgan fingerprint density at radius 1 is 1.09 bits per heavy atom. The Labute approximate surface area is 136 Å². The van der Waals surface area contributed by atoms with Crippen LogP contribution in [0.3, 0.4) is 0 Å². The van der Waals surface area contributed by atoms with Crippen LogP contribution in [0.4, 0.5) is 0 Å². The van der Waals surface area contributed by atoms with Gasteiger partial charge in [-0.3, -0.25) is 9.78 Å². The van der Waals surface area contributed by atoms with E-state index in [1.165, 1.54) is 16.9 Å². The smallest absolute Gasteiger partial charge is 0.260 e. The number of nitrogens with zero attached hydrogens (tertiary/aromatic N) is 2. The molecule has 1 aromatic carbocycles. The number of aromatic nitrogens is 3. The highest BCUT2D eigenvalue weighted by Gasteiger charge is 2.13. The minimum atomic E-state index is -0.132. The molecule has 0 aliphatic heterocycles. The van der Waals surface area contributed by atoms with Crippen molar-refractivity contribution in [3.63, 3.8) is 0 Å². The van der Waals surface area contributed by atoms with Gasteiger partial charge in [-0.15, -0.1) is 11.3 Å². The van der Waals surface area contributed by atoms with Crippen molar-refractivity contribution in [2.24, 2.45) is 0 Å². The number of hydrogen-bond acceptors (Lipinski definition) is 4. The average Bonchev–Trinajstić information content (AvgIpc) is 3.01. The minimum absolute atomic E-state index is 0.132. The highest BCUT2D eigenvalue weighted by molar-refractivity contribution is 7.17. The summed E-state index contributed by atoms with van der Waals surface area (Å²) >= 11 is 1.48. The quantitative estimate of drug-likeness (QED) is 0.607. The predicted molar refractivity (Wildman–Crippen MR) is 93.6 cm³/mol. The van der Waals surface area contributed by atoms with Crippen LogP contribution >= 0.6 is 11.3 Å². The van der Waals surface area contributed by atoms with Gasteiger partial charge in [-0.1, -0.05) is 35.9 Å². The summed E-state index contributed by atoms with van der Waals surface area (Å²) in [7, 11) is 0. The molecular formula is C18H13N3OS. The van der Waals surface area contributed by atoms with E-state index in [2.05, 4.69) is 15.0 Å². The number of thiophene rings is 1. The molecule has 3 heterocycles. The zero-order chi connectivity index (χ0) is 15.8. The van der Waals surface area contributed by atoms with Crippen molar-refractivity contribution in [2.75, 3.05) is 0 Å². The van der Waals surface area contributed by atoms with Gasteiger partial charge < -0.3 is 4.98 Å². The van der Waals surface area contributed by atoms with Crippen LogP contribution in [0.1, 0.15) is 5.56 Å². The van der Waals surface area contributed by atoms with Crippen molar-refractivity contribution in [3.05, 3.63) is 70.0 Å². The first-order valence-electron chi connectivity index (χ1n) is 7.22. The van der Waals surface area contributed by atoms with Crippen molar-refractivity contribution in [3.8, 4) is 22.6 Å². The van der Waals surface area contributed by atoms with Crippen LogP contribution in [0.15, 0.2) is 58.8 Å². The lowest BCUT2D eigenvalue weighted by molar-refractivity contribution is 1.15. The zero-order valence-corrected chi connectivity index (χ0v) is 13.2. The molecule has 0 aliphatic carbocycles. The topological polar surface area (TPSA) is 58.6 Å². The van der Waals surface area contributed by atoms with Crippen LogP contribution in [-0.4, -0.2) is 15.0 Å². The standard InChI is InChI=1S/C18H13N3OS/c1-11-5-7-12(8-6-11)13-10-23-18-15(13)17(22)20-16(21-18)14-4-2-3-9-19-14/h2-10H,1H3,(H,20,21,22). The third-order valence-corrected chi connectivity index (χ3v) is 4.59. The molecule has 0 radical (unpaired) electrons. The maximum Gasteiger partial charge on any atom is 0.260 e. The lowest BCUT2D eigenvalue weighted by atomic mass is 10.1. The Hall–Kier alpha value is -2.79. The van der Waals surface area contributed by atoms with Crippen molar-refractivity contribution in [2.45, 2.75) is 6.92 Å². The van der Waals surface area contributed by atoms with E-state index in [9.17, 15) is 4.79 Å². The fraction of sp³-hybridized carbons (Fsp3) is 0.0556. The third-order valence-electron chi connectivity index (χ3n) is 3.71. The van der Waals surface area contributed by atoms with Crippen LogP contribution in [0.5, 0.6) is 0 Å². The molecule has 0 aliphatic rings. The van der Waals surface area contributed by atoms with E-state index < -0.39 is 0 Å². The van der Waals surface area contributed by atoms with Crippen molar-refractivity contribution in [1.29, 1.82) is 0 Å². The van der Waals surface area contributed by atoms with Gasteiger partial charge in [0.05, 0.1) is 5.39 Å². The second-order valence-corrected chi connectivity index (χ2v) is 6.18. The Morgan fingerprint density at radius 3 is 2.65 bits per heavy atom. The molecule has 0 fully saturated rings. The van der Waals surface area contributed by atoms with Crippen LogP contribution in [0, 0.1) is 6.92 Å². The van der Waals surface area contributed by atoms with Crippen molar-refractivity contribution < 1.29 is 0 Å². The molecule has 0 atom stereocenters. The Kier molecular flexibility index (Phi) is 3.28. The van der Waals surface area contributed by atoms with E-state index in [0.29, 0.717) is 16.9 Å². The summed E-state index contributed by atoms with van der Waals surface area (Å²) in [5.41, 5.74) is 3.67. The number of benzene rings is 1. The Balaban J connectivity index is 1.91. The van der Waals surface area contributed by atoms with Crippen LogP contribution in [0.2, 0.25) is 0 Å². The number of pyridine rings is 1. The van der Waals surface area contributed by atoms with Gasteiger partial charge in [0.15, 0.2) is 5.82 Å². The fourth-order valence-electron chi connectivity index (χ4n) is 2.52. The lowest BCUT2D eigenvalue weighted by Crippen LogP contribution is -2.09. The Morgan fingerprint density at radius 2 is 1.91 bits per heavy atom. The summed E-state index contributed by atoms with van der Waals surface area (Å²) in [6.45, 7) is 2.04. The summed E-state index contributed by atoms with van der Waals surface area (Å²) in [6, 6.07) is 13.7. The van der Waals surface area contributed by atoms with Gasteiger partial charge in [0, 0.05) is 17.1 Å². The van der Waals surface area contributed by atoms with Gasteiger partial charge in [0.25, 0.3) is 5.56 Å². The van der Waals surface area contributed by atoms with E-state index >= 15 is 0 Å². The van der Waals surface area contributed by atoms with Gasteiger partial charge >= 0.3 is 0 Å². The molecule has 0 bridgehead atoms. The molecule has 4 rings (SSSR count). The van der Waals surface area contributed by atoms with E-state index in [0.717, 1.165) is 16.0 Å². The van der Waals surface area contributed by atoms with Gasteiger partial charge in [-0.2, -0.15) is 0 Å². The first-order chi connectivity index (χ1) is 11.2. The van der Waals surface area contributed by atoms with Crippen LogP contribution < -0.4 is 5.56 Å². The maximum atomic E-state index is 12.6. The highest BCUT2D eigenvalue weighted by atomic mass is 32.1. The molecule has 4 aromatic rings. The second kappa shape index (κ2) is 5.44. The number of rotatable bonds is 2. The number of aromatic amines is 1. The summed E-state index contributed by atoms with van der Waals surface area (Å²) in [5, 5.41) is 2.62. The van der Waals surface area contributed by atoms with Crippen LogP contribution in [0.25, 0.3) is 32.9 Å². The predicted octanol–water partition coefficient (Wildman–Crippen LogP) is 4.02. The molecule has 112 valence electrons. The lowest BCUT2D eigenvalue weighted by Gasteiger charge is -2.02. The molecule has 5 heteroatoms. The molecule has 1 N–H and O–H groups in total. The molecule has 23 heavy (non-hydrogen) atoms. The van der Waals surface area contributed by atoms with Gasteiger partial charge in [-0.05, 0) is 24.6 Å². The van der Waals surface area contributed by atoms with E-state index in [4.69, 9.17) is 0 Å². The number of nitrogens with one attached hydrogen (secondary N) is 1. The molecular weight excluding hydrogens is 306 g/mol. The molecule has 0 saturated carbocycles. The molecule has 4 nitrogen and oxygen atoms in total. The summed E-state index contributed by atoms with van der Waals surface area (Å²) < 4.78 is 0. The second-order valence-electron chi connectivity index (χ2n) is 5.33. The number of aryl methyl sites for hydroxylation is 1. The zero-order valence-electron chi connectivity index (χ0n) is 12.4. The number of fused-ring (bicyclic) bond motifs is 1. The third kappa shape index (κ3) is 2.45. The maximum absolute atomic E-state index is 12.6. The fourth-order valence-corrected chi connectivity index (χ4v) is 3.47. The average molecular weight is 319 g/mol. The minimum Gasteiger partial charge on any atom is -0.305 e. The summed E-state index contributed by atoms with van der Waals surface area (Å²) in [4.78, 5) is 25.0. The van der Waals surface area contributed by atoms with Crippen molar-refractivity contribution >= 4 is 21.6 Å². The first-order valence-corrected chi connectivity index (χ1v) is 8.10. The SMILES string of the molecule is Cc1ccc(-c2csc3nc(-c4ccccn4)[nH]c(=O)c23)cc1. The van der Waals surface area contributed by atoms with Gasteiger partial charge in [0.1, 0.15) is 10.5 Å². The van der Waals surface area contributed by atoms with E-state index in [-0.39, 0.29) is 5.56 Å². The summed E-state index contributed by atoms with van der Waals surface area (Å²) in [5.74, 6) is 0.500. The monoisotopic (exact) mass is 319 g/mol. The first kappa shape index (κ1) is 13.8. The molecule has 0 saturated heterocycles. The number of hydrogen-bond donors (Lipinski definition) is 1. The largest absolute Gasteiger partial charge is 0.305 e. The van der Waals surface area contributed by atoms with Gasteiger partial charge in [-0.25, -0.2) is 4.98 Å².